The molecule has 0 spiro atoms. The molecular weight excluding hydrogens is 306 g/mol. The lowest BCUT2D eigenvalue weighted by Gasteiger charge is -2.10. The van der Waals surface area contributed by atoms with E-state index in [4.69, 9.17) is 5.73 Å². The van der Waals surface area contributed by atoms with Gasteiger partial charge in [-0.25, -0.2) is 4.98 Å². The number of hydrogen-bond acceptors (Lipinski definition) is 3. The fourth-order valence-corrected chi connectivity index (χ4v) is 2.12. The van der Waals surface area contributed by atoms with Gasteiger partial charge in [0.15, 0.2) is 0 Å². The molecule has 0 aliphatic rings. The Balaban J connectivity index is 2.28. The van der Waals surface area contributed by atoms with Crippen LogP contribution in [-0.4, -0.2) is 10.9 Å². The third-order valence-electron chi connectivity index (χ3n) is 2.75. The van der Waals surface area contributed by atoms with Crippen molar-refractivity contribution in [1.29, 1.82) is 0 Å². The quantitative estimate of drug-likeness (QED) is 0.659. The Morgan fingerprint density at radius 3 is 2.68 bits per heavy atom. The minimum atomic E-state index is -0.228. The number of aryl methyl sites for hydroxylation is 2. The molecule has 19 heavy (non-hydrogen) atoms. The molecule has 0 fully saturated rings. The maximum absolute atomic E-state index is 12.2. The maximum Gasteiger partial charge on any atom is 0.257 e. The standard InChI is InChI=1S/C14H14BrN3O/c1-8-3-4-11(16)10(7-8)14(19)18-12-5-6-13(15)17-9(12)2/h3-7H,16H2,1-2H3,(H,18,19). The number of nitrogens with two attached hydrogens (primary N) is 1. The number of rotatable bonds is 2. The summed E-state index contributed by atoms with van der Waals surface area (Å²) >= 11 is 3.28. The van der Waals surface area contributed by atoms with E-state index in [2.05, 4.69) is 26.2 Å². The molecule has 0 saturated heterocycles. The highest BCUT2D eigenvalue weighted by Crippen LogP contribution is 2.19. The maximum atomic E-state index is 12.2. The first kappa shape index (κ1) is 13.5. The van der Waals surface area contributed by atoms with Crippen molar-refractivity contribution in [2.75, 3.05) is 11.1 Å². The number of nitrogens with zero attached hydrogens (tertiary/aromatic N) is 1. The van der Waals surface area contributed by atoms with Crippen molar-refractivity contribution >= 4 is 33.2 Å². The average Bonchev–Trinajstić information content (AvgIpc) is 2.35. The molecule has 3 N–H and O–H groups in total. The Bertz CT molecular complexity index is 641. The van der Waals surface area contributed by atoms with Gasteiger partial charge in [0.25, 0.3) is 5.91 Å². The number of halogens is 1. The first-order valence-electron chi connectivity index (χ1n) is 5.78. The Morgan fingerprint density at radius 2 is 2.00 bits per heavy atom. The largest absolute Gasteiger partial charge is 0.398 e. The first-order valence-corrected chi connectivity index (χ1v) is 6.57. The zero-order chi connectivity index (χ0) is 14.0. The third kappa shape index (κ3) is 3.12. The van der Waals surface area contributed by atoms with Gasteiger partial charge in [-0.15, -0.1) is 0 Å². The van der Waals surface area contributed by atoms with Crippen LogP contribution in [0.4, 0.5) is 11.4 Å². The molecule has 5 heteroatoms. The summed E-state index contributed by atoms with van der Waals surface area (Å²) in [5.74, 6) is -0.228. The van der Waals surface area contributed by atoms with Gasteiger partial charge in [0.2, 0.25) is 0 Å². The van der Waals surface area contributed by atoms with Gasteiger partial charge >= 0.3 is 0 Å². The van der Waals surface area contributed by atoms with E-state index in [1.165, 1.54) is 0 Å². The van der Waals surface area contributed by atoms with Gasteiger partial charge in [0, 0.05) is 5.69 Å². The predicted octanol–water partition coefficient (Wildman–Crippen LogP) is 3.30. The van der Waals surface area contributed by atoms with Crippen LogP contribution < -0.4 is 11.1 Å². The van der Waals surface area contributed by atoms with E-state index in [-0.39, 0.29) is 5.91 Å². The first-order chi connectivity index (χ1) is 8.97. The van der Waals surface area contributed by atoms with E-state index < -0.39 is 0 Å². The highest BCUT2D eigenvalue weighted by Gasteiger charge is 2.11. The van der Waals surface area contributed by atoms with Crippen LogP contribution in [0.25, 0.3) is 0 Å². The minimum absolute atomic E-state index is 0.228. The number of anilines is 2. The van der Waals surface area contributed by atoms with E-state index in [0.717, 1.165) is 15.9 Å². The van der Waals surface area contributed by atoms with Crippen LogP contribution in [0.5, 0.6) is 0 Å². The van der Waals surface area contributed by atoms with Crippen molar-refractivity contribution in [3.05, 3.63) is 51.8 Å². The smallest absolute Gasteiger partial charge is 0.257 e. The Hall–Kier alpha value is -1.88. The molecule has 1 aromatic carbocycles. The molecule has 1 amide bonds. The number of nitrogens with one attached hydrogen (secondary N) is 1. The predicted molar refractivity (Wildman–Crippen MR) is 80.2 cm³/mol. The van der Waals surface area contributed by atoms with Crippen molar-refractivity contribution in [3.8, 4) is 0 Å². The lowest BCUT2D eigenvalue weighted by molar-refractivity contribution is 0.102. The van der Waals surface area contributed by atoms with E-state index >= 15 is 0 Å². The average molecular weight is 320 g/mol. The zero-order valence-corrected chi connectivity index (χ0v) is 12.3. The van der Waals surface area contributed by atoms with E-state index in [1.807, 2.05) is 19.9 Å². The summed E-state index contributed by atoms with van der Waals surface area (Å²) in [6.07, 6.45) is 0. The molecule has 4 nitrogen and oxygen atoms in total. The molecule has 98 valence electrons. The lowest BCUT2D eigenvalue weighted by atomic mass is 10.1. The lowest BCUT2D eigenvalue weighted by Crippen LogP contribution is -2.15. The highest BCUT2D eigenvalue weighted by atomic mass is 79.9. The number of pyridine rings is 1. The fraction of sp³-hybridized carbons (Fsp3) is 0.143. The molecule has 0 bridgehead atoms. The van der Waals surface area contributed by atoms with Crippen LogP contribution in [0.3, 0.4) is 0 Å². The minimum Gasteiger partial charge on any atom is -0.398 e. The second kappa shape index (κ2) is 5.40. The highest BCUT2D eigenvalue weighted by molar-refractivity contribution is 9.10. The molecule has 1 heterocycles. The van der Waals surface area contributed by atoms with Crippen LogP contribution in [0.15, 0.2) is 34.9 Å². The number of benzene rings is 1. The summed E-state index contributed by atoms with van der Waals surface area (Å²) in [5, 5.41) is 2.82. The number of aromatic nitrogens is 1. The third-order valence-corrected chi connectivity index (χ3v) is 3.20. The van der Waals surface area contributed by atoms with Crippen molar-refractivity contribution in [1.82, 2.24) is 4.98 Å². The van der Waals surface area contributed by atoms with E-state index in [9.17, 15) is 4.79 Å². The van der Waals surface area contributed by atoms with Gasteiger partial charge in [-0.05, 0) is 54.0 Å². The summed E-state index contributed by atoms with van der Waals surface area (Å²) in [4.78, 5) is 16.4. The topological polar surface area (TPSA) is 68.0 Å². The van der Waals surface area contributed by atoms with Crippen LogP contribution >= 0.6 is 15.9 Å². The fourth-order valence-electron chi connectivity index (χ4n) is 1.72. The van der Waals surface area contributed by atoms with Gasteiger partial charge in [-0.3, -0.25) is 4.79 Å². The van der Waals surface area contributed by atoms with Crippen molar-refractivity contribution < 1.29 is 4.79 Å². The number of nitrogen functional groups attached to an aromatic ring is 1. The SMILES string of the molecule is Cc1ccc(N)c(C(=O)Nc2ccc(Br)nc2C)c1. The van der Waals surface area contributed by atoms with Crippen LogP contribution in [-0.2, 0) is 0 Å². The molecule has 0 unspecified atom stereocenters. The van der Waals surface area contributed by atoms with Gasteiger partial charge < -0.3 is 11.1 Å². The van der Waals surface area contributed by atoms with Gasteiger partial charge in [-0.1, -0.05) is 11.6 Å². The van der Waals surface area contributed by atoms with Crippen molar-refractivity contribution in [3.63, 3.8) is 0 Å². The van der Waals surface area contributed by atoms with E-state index in [1.54, 1.807) is 24.3 Å². The van der Waals surface area contributed by atoms with Gasteiger partial charge in [0.1, 0.15) is 4.60 Å². The molecular formula is C14H14BrN3O. The van der Waals surface area contributed by atoms with Crippen LogP contribution in [0, 0.1) is 13.8 Å². The Labute approximate surface area is 120 Å². The van der Waals surface area contributed by atoms with Gasteiger partial charge in [0.05, 0.1) is 16.9 Å². The second-order valence-electron chi connectivity index (χ2n) is 4.31. The van der Waals surface area contributed by atoms with Crippen molar-refractivity contribution in [2.45, 2.75) is 13.8 Å². The molecule has 0 atom stereocenters. The molecule has 0 saturated carbocycles. The van der Waals surface area contributed by atoms with Crippen molar-refractivity contribution in [2.24, 2.45) is 0 Å². The molecule has 1 aromatic heterocycles. The molecule has 2 rings (SSSR count). The second-order valence-corrected chi connectivity index (χ2v) is 5.12. The van der Waals surface area contributed by atoms with Crippen LogP contribution in [0.2, 0.25) is 0 Å². The Morgan fingerprint density at radius 1 is 1.26 bits per heavy atom. The van der Waals surface area contributed by atoms with E-state index in [0.29, 0.717) is 16.9 Å². The number of amides is 1. The molecule has 0 aliphatic carbocycles. The number of carbonyl (C=O) groups excluding carboxylic acids is 1. The number of hydrogen-bond donors (Lipinski definition) is 2. The molecule has 2 aromatic rings. The summed E-state index contributed by atoms with van der Waals surface area (Å²) in [5.41, 5.74) is 9.17. The summed E-state index contributed by atoms with van der Waals surface area (Å²) < 4.78 is 0.734. The summed E-state index contributed by atoms with van der Waals surface area (Å²) in [7, 11) is 0. The molecule has 0 radical (unpaired) electrons. The Kier molecular flexibility index (Phi) is 3.85. The number of carbonyl (C=O) groups is 1. The monoisotopic (exact) mass is 319 g/mol. The summed E-state index contributed by atoms with van der Waals surface area (Å²) in [6, 6.07) is 8.96. The summed E-state index contributed by atoms with van der Waals surface area (Å²) in [6.45, 7) is 3.75. The molecule has 0 aliphatic heterocycles. The normalized spacial score (nSPS) is 10.3. The zero-order valence-electron chi connectivity index (χ0n) is 10.7. The van der Waals surface area contributed by atoms with Crippen LogP contribution in [0.1, 0.15) is 21.6 Å². The van der Waals surface area contributed by atoms with Gasteiger partial charge in [-0.2, -0.15) is 0 Å².